The van der Waals surface area contributed by atoms with Gasteiger partial charge < -0.3 is 10.1 Å². The lowest BCUT2D eigenvalue weighted by molar-refractivity contribution is 0.439. The lowest BCUT2D eigenvalue weighted by atomic mass is 9.98. The maximum atomic E-state index is 5.80. The van der Waals surface area contributed by atoms with E-state index >= 15 is 0 Å². The van der Waals surface area contributed by atoms with E-state index in [1.807, 2.05) is 42.6 Å². The molecule has 108 valence electrons. The average molecular weight is 280 g/mol. The van der Waals surface area contributed by atoms with Crippen molar-refractivity contribution in [3.63, 3.8) is 0 Å². The summed E-state index contributed by atoms with van der Waals surface area (Å²) in [7, 11) is 0. The van der Waals surface area contributed by atoms with Crippen molar-refractivity contribution >= 4 is 6.08 Å². The second-order valence-electron chi connectivity index (χ2n) is 5.33. The van der Waals surface area contributed by atoms with Crippen LogP contribution in [-0.2, 0) is 0 Å². The summed E-state index contributed by atoms with van der Waals surface area (Å²) in [6.07, 6.45) is 10.5. The molecule has 1 N–H and O–H groups in total. The molecule has 3 rings (SSSR count). The van der Waals surface area contributed by atoms with E-state index in [2.05, 4.69) is 22.5 Å². The van der Waals surface area contributed by atoms with Gasteiger partial charge in [-0.1, -0.05) is 30.4 Å². The van der Waals surface area contributed by atoms with E-state index in [4.69, 9.17) is 4.74 Å². The van der Waals surface area contributed by atoms with Gasteiger partial charge in [-0.15, -0.1) is 0 Å². The van der Waals surface area contributed by atoms with E-state index in [0.717, 1.165) is 30.2 Å². The number of nitrogens with one attached hydrogen (secondary N) is 1. The first-order chi connectivity index (χ1) is 10.4. The monoisotopic (exact) mass is 280 g/mol. The highest BCUT2D eigenvalue weighted by molar-refractivity contribution is 5.50. The average Bonchev–Trinajstić information content (AvgIpc) is 2.55. The Morgan fingerprint density at radius 1 is 1.14 bits per heavy atom. The molecular formula is C18H20N2O. The minimum Gasteiger partial charge on any atom is -0.456 e. The molecule has 2 heterocycles. The standard InChI is InChI=1S/C18H20N2O/c1-2-6-17(7-3-1)21-18-11-16(13-20-14-18)9-8-15-5-4-10-19-12-15/h1-3,6-9,11,13-15,19H,4-5,10,12H2/b9-8+. The van der Waals surface area contributed by atoms with Gasteiger partial charge in [0.15, 0.2) is 0 Å². The van der Waals surface area contributed by atoms with Crippen LogP contribution in [0.15, 0.2) is 54.9 Å². The van der Waals surface area contributed by atoms with Gasteiger partial charge in [-0.3, -0.25) is 4.98 Å². The second kappa shape index (κ2) is 7.04. The van der Waals surface area contributed by atoms with Crippen molar-refractivity contribution < 1.29 is 4.74 Å². The van der Waals surface area contributed by atoms with Crippen LogP contribution in [0.4, 0.5) is 0 Å². The minimum absolute atomic E-state index is 0.623. The Labute approximate surface area is 125 Å². The molecule has 1 aromatic heterocycles. The van der Waals surface area contributed by atoms with Gasteiger partial charge in [0.05, 0.1) is 6.20 Å². The van der Waals surface area contributed by atoms with E-state index in [1.165, 1.54) is 12.8 Å². The SMILES string of the molecule is C(=C\C1CCCNC1)/c1cncc(Oc2ccccc2)c1. The second-order valence-corrected chi connectivity index (χ2v) is 5.33. The van der Waals surface area contributed by atoms with Gasteiger partial charge in [0.2, 0.25) is 0 Å². The fourth-order valence-corrected chi connectivity index (χ4v) is 2.50. The van der Waals surface area contributed by atoms with Crippen LogP contribution < -0.4 is 10.1 Å². The first kappa shape index (κ1) is 13.8. The molecule has 21 heavy (non-hydrogen) atoms. The van der Waals surface area contributed by atoms with Crippen LogP contribution >= 0.6 is 0 Å². The van der Waals surface area contributed by atoms with Crippen LogP contribution in [0.1, 0.15) is 18.4 Å². The number of benzene rings is 1. The predicted octanol–water partition coefficient (Wildman–Crippen LogP) is 3.89. The quantitative estimate of drug-likeness (QED) is 0.922. The molecule has 1 aliphatic rings. The van der Waals surface area contributed by atoms with E-state index in [9.17, 15) is 0 Å². The molecule has 1 aliphatic heterocycles. The Kier molecular flexibility index (Phi) is 4.64. The molecule has 1 saturated heterocycles. The first-order valence-corrected chi connectivity index (χ1v) is 7.47. The highest BCUT2D eigenvalue weighted by Crippen LogP contribution is 2.21. The lowest BCUT2D eigenvalue weighted by Gasteiger charge is -2.19. The first-order valence-electron chi connectivity index (χ1n) is 7.47. The number of rotatable bonds is 4. The summed E-state index contributed by atoms with van der Waals surface area (Å²) in [6, 6.07) is 11.8. The molecule has 0 saturated carbocycles. The third-order valence-corrected chi connectivity index (χ3v) is 3.61. The fourth-order valence-electron chi connectivity index (χ4n) is 2.50. The largest absolute Gasteiger partial charge is 0.456 e. The van der Waals surface area contributed by atoms with E-state index < -0.39 is 0 Å². The highest BCUT2D eigenvalue weighted by Gasteiger charge is 2.08. The molecule has 1 fully saturated rings. The maximum absolute atomic E-state index is 5.80. The van der Waals surface area contributed by atoms with E-state index in [1.54, 1.807) is 6.20 Å². The molecule has 0 aliphatic carbocycles. The van der Waals surface area contributed by atoms with Crippen molar-refractivity contribution in [1.29, 1.82) is 0 Å². The zero-order chi connectivity index (χ0) is 14.3. The summed E-state index contributed by atoms with van der Waals surface area (Å²) < 4.78 is 5.80. The van der Waals surface area contributed by atoms with Crippen LogP contribution in [0.25, 0.3) is 6.08 Å². The number of pyridine rings is 1. The number of nitrogens with zero attached hydrogens (tertiary/aromatic N) is 1. The predicted molar refractivity (Wildman–Crippen MR) is 85.4 cm³/mol. The van der Waals surface area contributed by atoms with Gasteiger partial charge in [0.1, 0.15) is 11.5 Å². The van der Waals surface area contributed by atoms with Crippen molar-refractivity contribution in [3.05, 3.63) is 60.4 Å². The van der Waals surface area contributed by atoms with Crippen LogP contribution in [0, 0.1) is 5.92 Å². The smallest absolute Gasteiger partial charge is 0.146 e. The van der Waals surface area contributed by atoms with Gasteiger partial charge in [-0.05, 0) is 49.1 Å². The Morgan fingerprint density at radius 2 is 2.05 bits per heavy atom. The number of aromatic nitrogens is 1. The van der Waals surface area contributed by atoms with Crippen molar-refractivity contribution in [2.24, 2.45) is 5.92 Å². The van der Waals surface area contributed by atoms with Crippen molar-refractivity contribution in [3.8, 4) is 11.5 Å². The zero-order valence-electron chi connectivity index (χ0n) is 12.0. The summed E-state index contributed by atoms with van der Waals surface area (Å²) in [5.74, 6) is 2.22. The van der Waals surface area contributed by atoms with Crippen LogP contribution in [0.3, 0.4) is 0 Å². The zero-order valence-corrected chi connectivity index (χ0v) is 12.0. The molecule has 2 aromatic rings. The molecule has 3 nitrogen and oxygen atoms in total. The van der Waals surface area contributed by atoms with Gasteiger partial charge in [0, 0.05) is 12.7 Å². The Bertz CT molecular complexity index is 589. The molecule has 3 heteroatoms. The molecule has 0 bridgehead atoms. The molecule has 0 spiro atoms. The molecule has 1 atom stereocenters. The van der Waals surface area contributed by atoms with Crippen LogP contribution in [0.2, 0.25) is 0 Å². The van der Waals surface area contributed by atoms with E-state index in [-0.39, 0.29) is 0 Å². The maximum Gasteiger partial charge on any atom is 0.146 e. The molecule has 1 aromatic carbocycles. The van der Waals surface area contributed by atoms with Crippen molar-refractivity contribution in [1.82, 2.24) is 10.3 Å². The topological polar surface area (TPSA) is 34.2 Å². The molecular weight excluding hydrogens is 260 g/mol. The summed E-state index contributed by atoms with van der Waals surface area (Å²) in [4.78, 5) is 4.25. The van der Waals surface area contributed by atoms with Crippen LogP contribution in [0.5, 0.6) is 11.5 Å². The molecule has 1 unspecified atom stereocenters. The Morgan fingerprint density at radius 3 is 2.86 bits per heavy atom. The summed E-state index contributed by atoms with van der Waals surface area (Å²) in [5, 5.41) is 3.42. The van der Waals surface area contributed by atoms with Gasteiger partial charge >= 0.3 is 0 Å². The van der Waals surface area contributed by atoms with Gasteiger partial charge in [-0.25, -0.2) is 0 Å². The van der Waals surface area contributed by atoms with Gasteiger partial charge in [-0.2, -0.15) is 0 Å². The number of hydrogen-bond donors (Lipinski definition) is 1. The number of piperidine rings is 1. The summed E-state index contributed by atoms with van der Waals surface area (Å²) in [5.41, 5.74) is 1.08. The number of ether oxygens (including phenoxy) is 1. The Balaban J connectivity index is 1.66. The Hall–Kier alpha value is -2.13. The fraction of sp³-hybridized carbons (Fsp3) is 0.278. The summed E-state index contributed by atoms with van der Waals surface area (Å²) in [6.45, 7) is 2.22. The third kappa shape index (κ3) is 4.17. The highest BCUT2D eigenvalue weighted by atomic mass is 16.5. The third-order valence-electron chi connectivity index (χ3n) is 3.61. The molecule has 0 amide bonds. The minimum atomic E-state index is 0.623. The van der Waals surface area contributed by atoms with Crippen molar-refractivity contribution in [2.75, 3.05) is 13.1 Å². The van der Waals surface area contributed by atoms with Crippen molar-refractivity contribution in [2.45, 2.75) is 12.8 Å². The molecule has 0 radical (unpaired) electrons. The number of hydrogen-bond acceptors (Lipinski definition) is 3. The lowest BCUT2D eigenvalue weighted by Crippen LogP contribution is -2.28. The van der Waals surface area contributed by atoms with Crippen LogP contribution in [-0.4, -0.2) is 18.1 Å². The van der Waals surface area contributed by atoms with E-state index in [0.29, 0.717) is 5.92 Å². The summed E-state index contributed by atoms with van der Waals surface area (Å²) >= 11 is 0. The van der Waals surface area contributed by atoms with Gasteiger partial charge in [0.25, 0.3) is 0 Å². The number of para-hydroxylation sites is 1. The normalized spacial score (nSPS) is 18.8.